The molecule has 114 valence electrons. The van der Waals surface area contributed by atoms with E-state index in [-0.39, 0.29) is 0 Å². The van der Waals surface area contributed by atoms with Gasteiger partial charge in [-0.05, 0) is 31.6 Å². The van der Waals surface area contributed by atoms with Crippen LogP contribution in [0.3, 0.4) is 0 Å². The van der Waals surface area contributed by atoms with E-state index in [2.05, 4.69) is 59.0 Å². The Hall–Kier alpha value is -0.840. The molecule has 1 aliphatic rings. The fourth-order valence-electron chi connectivity index (χ4n) is 2.88. The first-order chi connectivity index (χ1) is 9.72. The fourth-order valence-corrected chi connectivity index (χ4v) is 2.88. The van der Waals surface area contributed by atoms with Gasteiger partial charge in [0.25, 0.3) is 0 Å². The molecule has 20 heavy (non-hydrogen) atoms. The summed E-state index contributed by atoms with van der Waals surface area (Å²) >= 11 is 0. The van der Waals surface area contributed by atoms with Gasteiger partial charge in [0.05, 0.1) is 0 Å². The quantitative estimate of drug-likeness (QED) is 0.823. The molecular formula is C16H30N4. The monoisotopic (exact) mass is 278 g/mol. The summed E-state index contributed by atoms with van der Waals surface area (Å²) in [6.45, 7) is 12.5. The maximum absolute atomic E-state index is 3.54. The molecule has 1 aromatic heterocycles. The summed E-state index contributed by atoms with van der Waals surface area (Å²) in [6.07, 6.45) is 5.69. The van der Waals surface area contributed by atoms with Gasteiger partial charge in [0.15, 0.2) is 0 Å². The summed E-state index contributed by atoms with van der Waals surface area (Å²) in [6, 6.07) is 2.77. The zero-order valence-electron chi connectivity index (χ0n) is 13.3. The lowest BCUT2D eigenvalue weighted by molar-refractivity contribution is 0.150. The summed E-state index contributed by atoms with van der Waals surface area (Å²) < 4.78 is 2.34. The summed E-state index contributed by atoms with van der Waals surface area (Å²) in [5, 5.41) is 3.54. The first-order valence-corrected chi connectivity index (χ1v) is 8.03. The van der Waals surface area contributed by atoms with Crippen molar-refractivity contribution in [3.63, 3.8) is 0 Å². The van der Waals surface area contributed by atoms with Gasteiger partial charge < -0.3 is 14.8 Å². The zero-order valence-corrected chi connectivity index (χ0v) is 13.3. The second kappa shape index (κ2) is 7.81. The second-order valence-corrected chi connectivity index (χ2v) is 5.85. The smallest absolute Gasteiger partial charge is 0.0347 e. The predicted molar refractivity (Wildman–Crippen MR) is 85.1 cm³/mol. The average Bonchev–Trinajstić information content (AvgIpc) is 2.93. The van der Waals surface area contributed by atoms with E-state index in [1.807, 2.05) is 0 Å². The van der Waals surface area contributed by atoms with Gasteiger partial charge in [-0.25, -0.2) is 0 Å². The molecule has 1 unspecified atom stereocenters. The number of nitrogens with zero attached hydrogens (tertiary/aromatic N) is 3. The van der Waals surface area contributed by atoms with Gasteiger partial charge in [0.2, 0.25) is 0 Å². The molecule has 2 rings (SSSR count). The van der Waals surface area contributed by atoms with Crippen molar-refractivity contribution in [3.8, 4) is 0 Å². The van der Waals surface area contributed by atoms with E-state index >= 15 is 0 Å². The minimum atomic E-state index is 0.505. The van der Waals surface area contributed by atoms with Crippen LogP contribution < -0.4 is 5.32 Å². The van der Waals surface area contributed by atoms with E-state index in [0.29, 0.717) is 6.04 Å². The van der Waals surface area contributed by atoms with Crippen LogP contribution in [0.1, 0.15) is 31.9 Å². The van der Waals surface area contributed by atoms with Crippen LogP contribution in [-0.4, -0.2) is 60.7 Å². The second-order valence-electron chi connectivity index (χ2n) is 5.85. The molecule has 1 aromatic rings. The maximum Gasteiger partial charge on any atom is 0.0347 e. The van der Waals surface area contributed by atoms with Gasteiger partial charge in [0, 0.05) is 57.7 Å². The van der Waals surface area contributed by atoms with E-state index in [1.165, 1.54) is 38.3 Å². The molecule has 1 saturated heterocycles. The van der Waals surface area contributed by atoms with Crippen LogP contribution in [0.15, 0.2) is 18.5 Å². The Balaban J connectivity index is 1.80. The summed E-state index contributed by atoms with van der Waals surface area (Å²) in [4.78, 5) is 4.98. The van der Waals surface area contributed by atoms with Crippen molar-refractivity contribution in [1.29, 1.82) is 0 Å². The third-order valence-corrected chi connectivity index (χ3v) is 4.30. The summed E-state index contributed by atoms with van der Waals surface area (Å²) in [5.41, 5.74) is 1.42. The largest absolute Gasteiger partial charge is 0.353 e. The fraction of sp³-hybridized carbons (Fsp3) is 0.750. The van der Waals surface area contributed by atoms with Gasteiger partial charge in [-0.1, -0.05) is 13.8 Å². The molecule has 1 atom stereocenters. The van der Waals surface area contributed by atoms with E-state index in [1.54, 1.807) is 0 Å². The molecule has 0 aliphatic carbocycles. The molecule has 0 radical (unpaired) electrons. The highest BCUT2D eigenvalue weighted by atomic mass is 15.2. The molecule has 0 spiro atoms. The molecule has 1 fully saturated rings. The zero-order chi connectivity index (χ0) is 14.4. The average molecular weight is 278 g/mol. The Bertz CT molecular complexity index is 380. The van der Waals surface area contributed by atoms with Gasteiger partial charge >= 0.3 is 0 Å². The molecule has 1 N–H and O–H groups in total. The third-order valence-electron chi connectivity index (χ3n) is 4.30. The highest BCUT2D eigenvalue weighted by Gasteiger charge is 2.13. The number of rotatable bonds is 7. The first-order valence-electron chi connectivity index (χ1n) is 8.03. The normalized spacial score (nSPS) is 19.4. The van der Waals surface area contributed by atoms with Crippen LogP contribution in [0.2, 0.25) is 0 Å². The maximum atomic E-state index is 3.54. The molecule has 1 aliphatic heterocycles. The Morgan fingerprint density at radius 1 is 1.15 bits per heavy atom. The topological polar surface area (TPSA) is 23.4 Å². The van der Waals surface area contributed by atoms with Crippen molar-refractivity contribution in [2.24, 2.45) is 0 Å². The van der Waals surface area contributed by atoms with Crippen LogP contribution in [0, 0.1) is 0 Å². The molecule has 0 aromatic carbocycles. The van der Waals surface area contributed by atoms with Crippen molar-refractivity contribution in [2.45, 2.75) is 32.9 Å². The number of nitrogens with one attached hydrogen (secondary N) is 1. The van der Waals surface area contributed by atoms with E-state index < -0.39 is 0 Å². The minimum absolute atomic E-state index is 0.505. The number of aromatic nitrogens is 1. The van der Waals surface area contributed by atoms with E-state index in [0.717, 1.165) is 19.5 Å². The van der Waals surface area contributed by atoms with Crippen molar-refractivity contribution in [2.75, 3.05) is 46.3 Å². The summed E-state index contributed by atoms with van der Waals surface area (Å²) in [7, 11) is 2.21. The van der Waals surface area contributed by atoms with Crippen LogP contribution in [0.25, 0.3) is 0 Å². The Morgan fingerprint density at radius 2 is 1.90 bits per heavy atom. The van der Waals surface area contributed by atoms with Gasteiger partial charge in [-0.2, -0.15) is 0 Å². The van der Waals surface area contributed by atoms with E-state index in [4.69, 9.17) is 0 Å². The van der Waals surface area contributed by atoms with Gasteiger partial charge in [0.1, 0.15) is 0 Å². The van der Waals surface area contributed by atoms with Crippen molar-refractivity contribution in [1.82, 2.24) is 19.7 Å². The standard InChI is InChI=1S/C16H30N4/c1-4-16(17-5-2)15-6-7-20(14-15)13-12-19-10-8-18(3)9-11-19/h6-7,14,16-17H,4-5,8-13H2,1-3H3. The number of hydrogen-bond donors (Lipinski definition) is 1. The lowest BCUT2D eigenvalue weighted by Gasteiger charge is -2.32. The molecular weight excluding hydrogens is 248 g/mol. The highest BCUT2D eigenvalue weighted by Crippen LogP contribution is 2.16. The summed E-state index contributed by atoms with van der Waals surface area (Å²) in [5.74, 6) is 0. The molecule has 0 bridgehead atoms. The number of piperazine rings is 1. The van der Waals surface area contributed by atoms with Gasteiger partial charge in [-0.3, -0.25) is 4.90 Å². The Labute approximate surface area is 123 Å². The van der Waals surface area contributed by atoms with Crippen LogP contribution in [-0.2, 0) is 6.54 Å². The minimum Gasteiger partial charge on any atom is -0.353 e. The van der Waals surface area contributed by atoms with Crippen molar-refractivity contribution >= 4 is 0 Å². The Kier molecular flexibility index (Phi) is 6.07. The van der Waals surface area contributed by atoms with Crippen LogP contribution in [0.4, 0.5) is 0 Å². The first kappa shape index (κ1) is 15.5. The number of hydrogen-bond acceptors (Lipinski definition) is 3. The van der Waals surface area contributed by atoms with Gasteiger partial charge in [-0.15, -0.1) is 0 Å². The molecule has 2 heterocycles. The Morgan fingerprint density at radius 3 is 2.55 bits per heavy atom. The lowest BCUT2D eigenvalue weighted by Crippen LogP contribution is -2.45. The molecule has 0 saturated carbocycles. The molecule has 0 amide bonds. The molecule has 4 heteroatoms. The third kappa shape index (κ3) is 4.33. The SMILES string of the molecule is CCNC(CC)c1ccn(CCN2CCN(C)CC2)c1. The van der Waals surface area contributed by atoms with Crippen molar-refractivity contribution < 1.29 is 0 Å². The van der Waals surface area contributed by atoms with E-state index in [9.17, 15) is 0 Å². The lowest BCUT2D eigenvalue weighted by atomic mass is 10.1. The van der Waals surface area contributed by atoms with Crippen LogP contribution >= 0.6 is 0 Å². The highest BCUT2D eigenvalue weighted by molar-refractivity contribution is 5.15. The number of likely N-dealkylation sites (N-methyl/N-ethyl adjacent to an activating group) is 1. The van der Waals surface area contributed by atoms with Crippen LogP contribution in [0.5, 0.6) is 0 Å². The predicted octanol–water partition coefficient (Wildman–Crippen LogP) is 1.80. The van der Waals surface area contributed by atoms with Crippen molar-refractivity contribution in [3.05, 3.63) is 24.0 Å². The molecule has 4 nitrogen and oxygen atoms in total.